The average molecular weight is 545 g/mol. The molecule has 0 aliphatic carbocycles. The molecule has 0 aliphatic rings. The predicted molar refractivity (Wildman–Crippen MR) is 157 cm³/mol. The fraction of sp³-hybridized carbons (Fsp3) is 0.290. The normalized spacial score (nSPS) is 10.6. The highest BCUT2D eigenvalue weighted by Gasteiger charge is 2.22. The third-order valence-corrected chi connectivity index (χ3v) is 6.31. The second-order valence-corrected chi connectivity index (χ2v) is 9.90. The Labute approximate surface area is 234 Å². The fourth-order valence-electron chi connectivity index (χ4n) is 4.13. The van der Waals surface area contributed by atoms with Gasteiger partial charge in [0.05, 0.1) is 19.4 Å². The molecule has 0 aromatic heterocycles. The molecule has 9 heteroatoms. The van der Waals surface area contributed by atoms with Gasteiger partial charge in [0.1, 0.15) is 0 Å². The van der Waals surface area contributed by atoms with Crippen molar-refractivity contribution in [2.45, 2.75) is 33.1 Å². The van der Waals surface area contributed by atoms with Crippen LogP contribution in [0.1, 0.15) is 31.4 Å². The zero-order chi connectivity index (χ0) is 29.1. The van der Waals surface area contributed by atoms with E-state index in [1.165, 1.54) is 0 Å². The summed E-state index contributed by atoms with van der Waals surface area (Å²) in [6, 6.07) is 22.6. The topological polar surface area (TPSA) is 119 Å². The Morgan fingerprint density at radius 1 is 0.850 bits per heavy atom. The van der Waals surface area contributed by atoms with Crippen LogP contribution >= 0.6 is 0 Å². The van der Waals surface area contributed by atoms with Gasteiger partial charge in [-0.2, -0.15) is 0 Å². The molecule has 0 bridgehead atoms. The summed E-state index contributed by atoms with van der Waals surface area (Å²) in [5, 5.41) is 14.2. The molecule has 3 aromatic rings. The molecule has 3 aromatic carbocycles. The third-order valence-electron chi connectivity index (χ3n) is 6.31. The summed E-state index contributed by atoms with van der Waals surface area (Å²) in [5.41, 5.74) is 3.09. The number of hydrogen-bond donors (Lipinski definition) is 3. The number of hydrogen-bond acceptors (Lipinski definition) is 4. The third kappa shape index (κ3) is 8.97. The first-order valence-corrected chi connectivity index (χ1v) is 13.2. The van der Waals surface area contributed by atoms with Crippen LogP contribution in [0.15, 0.2) is 78.9 Å². The van der Waals surface area contributed by atoms with E-state index >= 15 is 0 Å². The minimum absolute atomic E-state index is 0.105. The van der Waals surface area contributed by atoms with Crippen molar-refractivity contribution in [1.82, 2.24) is 5.32 Å². The van der Waals surface area contributed by atoms with E-state index in [1.54, 1.807) is 41.1 Å². The maximum absolute atomic E-state index is 13.4. The monoisotopic (exact) mass is 544 g/mol. The first-order chi connectivity index (χ1) is 19.1. The van der Waals surface area contributed by atoms with Crippen molar-refractivity contribution >= 4 is 40.9 Å². The number of nitrogens with zero attached hydrogens (tertiary/aromatic N) is 2. The zero-order valence-corrected chi connectivity index (χ0v) is 23.1. The van der Waals surface area contributed by atoms with Crippen molar-refractivity contribution in [3.05, 3.63) is 90.0 Å². The second kappa shape index (κ2) is 14.5. The molecule has 4 amide bonds. The molecule has 40 heavy (non-hydrogen) atoms. The van der Waals surface area contributed by atoms with Crippen molar-refractivity contribution in [1.29, 1.82) is 0 Å². The van der Waals surface area contributed by atoms with E-state index in [2.05, 4.69) is 24.5 Å². The van der Waals surface area contributed by atoms with Gasteiger partial charge in [0, 0.05) is 30.7 Å². The maximum atomic E-state index is 13.4. The van der Waals surface area contributed by atoms with Gasteiger partial charge < -0.3 is 25.5 Å². The van der Waals surface area contributed by atoms with Crippen LogP contribution in [0, 0.1) is 5.92 Å². The SMILES string of the molecule is CC(C)CCN(C(=O)CNC(=O)Nc1cccc(CC(=O)O)c1)c1ccccc1CC(=O)N(C)c1ccccc1. The number of aliphatic carboxylic acids is 1. The molecule has 0 spiro atoms. The minimum Gasteiger partial charge on any atom is -0.481 e. The molecule has 0 heterocycles. The van der Waals surface area contributed by atoms with Crippen molar-refractivity contribution in [2.24, 2.45) is 5.92 Å². The Kier molecular flexibility index (Phi) is 10.8. The number of likely N-dealkylation sites (N-methyl/N-ethyl adjacent to an activating group) is 1. The van der Waals surface area contributed by atoms with Crippen molar-refractivity contribution < 1.29 is 24.3 Å². The summed E-state index contributed by atoms with van der Waals surface area (Å²) in [5.74, 6) is -1.06. The Balaban J connectivity index is 1.71. The van der Waals surface area contributed by atoms with E-state index in [9.17, 15) is 19.2 Å². The molecule has 9 nitrogen and oxygen atoms in total. The first-order valence-electron chi connectivity index (χ1n) is 13.2. The van der Waals surface area contributed by atoms with Crippen molar-refractivity contribution in [3.63, 3.8) is 0 Å². The number of urea groups is 1. The number of carboxylic acid groups (broad SMARTS) is 1. The predicted octanol–water partition coefficient (Wildman–Crippen LogP) is 4.72. The van der Waals surface area contributed by atoms with Crippen LogP contribution in [-0.4, -0.2) is 49.1 Å². The van der Waals surface area contributed by atoms with Gasteiger partial charge in [0.2, 0.25) is 11.8 Å². The smallest absolute Gasteiger partial charge is 0.319 e. The first kappa shape index (κ1) is 29.9. The van der Waals surface area contributed by atoms with Gasteiger partial charge in [-0.05, 0) is 53.8 Å². The van der Waals surface area contributed by atoms with Crippen LogP contribution in [0.5, 0.6) is 0 Å². The number of carbonyl (C=O) groups excluding carboxylic acids is 3. The largest absolute Gasteiger partial charge is 0.481 e. The highest BCUT2D eigenvalue weighted by atomic mass is 16.4. The van der Waals surface area contributed by atoms with E-state index < -0.39 is 12.0 Å². The Hall–Kier alpha value is -4.66. The molecule has 210 valence electrons. The van der Waals surface area contributed by atoms with E-state index in [1.807, 2.05) is 54.6 Å². The summed E-state index contributed by atoms with van der Waals surface area (Å²) in [6.45, 7) is 4.30. The molecule has 3 N–H and O–H groups in total. The van der Waals surface area contributed by atoms with Crippen LogP contribution in [0.3, 0.4) is 0 Å². The lowest BCUT2D eigenvalue weighted by atomic mass is 10.1. The van der Waals surface area contributed by atoms with E-state index in [4.69, 9.17) is 5.11 Å². The van der Waals surface area contributed by atoms with Gasteiger partial charge in [-0.15, -0.1) is 0 Å². The Morgan fingerprint density at radius 3 is 2.25 bits per heavy atom. The molecule has 0 fully saturated rings. The molecule has 0 saturated heterocycles. The number of anilines is 3. The molecule has 3 rings (SSSR count). The van der Waals surface area contributed by atoms with Gasteiger partial charge >= 0.3 is 12.0 Å². The fourth-order valence-corrected chi connectivity index (χ4v) is 4.13. The summed E-state index contributed by atoms with van der Waals surface area (Å²) in [6.07, 6.45) is 0.678. The summed E-state index contributed by atoms with van der Waals surface area (Å²) < 4.78 is 0. The molecule has 0 aliphatic heterocycles. The van der Waals surface area contributed by atoms with E-state index in [0.29, 0.717) is 35.0 Å². The number of rotatable bonds is 12. The number of amides is 4. The zero-order valence-electron chi connectivity index (χ0n) is 23.1. The molecule has 0 unspecified atom stereocenters. The number of para-hydroxylation sites is 2. The van der Waals surface area contributed by atoms with Gasteiger partial charge in [0.25, 0.3) is 0 Å². The average Bonchev–Trinajstić information content (AvgIpc) is 2.92. The standard InChI is InChI=1S/C31H36N4O5/c1-22(2)16-17-35(29(37)21-32-31(40)33-25-12-9-10-23(18-25)19-30(38)39)27-15-8-7-11-24(27)20-28(36)34(3)26-13-5-4-6-14-26/h4-15,18,22H,16-17,19-21H2,1-3H3,(H,38,39)(H2,32,33,40). The molecule has 0 atom stereocenters. The Bertz CT molecular complexity index is 1330. The number of carbonyl (C=O) groups is 4. The molecule has 0 saturated carbocycles. The van der Waals surface area contributed by atoms with Gasteiger partial charge in [-0.25, -0.2) is 4.79 Å². The summed E-state index contributed by atoms with van der Waals surface area (Å²) in [4.78, 5) is 53.3. The highest BCUT2D eigenvalue weighted by molar-refractivity contribution is 6.00. The number of nitrogens with one attached hydrogen (secondary N) is 2. The molecular weight excluding hydrogens is 508 g/mol. The quantitative estimate of drug-likeness (QED) is 0.305. The van der Waals surface area contributed by atoms with Crippen LogP contribution < -0.4 is 20.4 Å². The Morgan fingerprint density at radius 2 is 1.55 bits per heavy atom. The summed E-state index contributed by atoms with van der Waals surface area (Å²) >= 11 is 0. The van der Waals surface area contributed by atoms with Gasteiger partial charge in [-0.3, -0.25) is 14.4 Å². The lowest BCUT2D eigenvalue weighted by Gasteiger charge is -2.27. The lowest BCUT2D eigenvalue weighted by molar-refractivity contribution is -0.136. The molecule has 0 radical (unpaired) electrons. The highest BCUT2D eigenvalue weighted by Crippen LogP contribution is 2.24. The lowest BCUT2D eigenvalue weighted by Crippen LogP contribution is -2.43. The van der Waals surface area contributed by atoms with Gasteiger partial charge in [0.15, 0.2) is 0 Å². The maximum Gasteiger partial charge on any atom is 0.319 e. The number of carboxylic acids is 1. The van der Waals surface area contributed by atoms with E-state index in [-0.39, 0.29) is 31.2 Å². The minimum atomic E-state index is -0.970. The van der Waals surface area contributed by atoms with Crippen molar-refractivity contribution in [3.8, 4) is 0 Å². The van der Waals surface area contributed by atoms with Crippen molar-refractivity contribution in [2.75, 3.05) is 35.3 Å². The van der Waals surface area contributed by atoms with Crippen LogP contribution in [-0.2, 0) is 27.2 Å². The van der Waals surface area contributed by atoms with Crippen LogP contribution in [0.25, 0.3) is 0 Å². The van der Waals surface area contributed by atoms with Crippen LogP contribution in [0.4, 0.5) is 21.9 Å². The van der Waals surface area contributed by atoms with Gasteiger partial charge in [-0.1, -0.05) is 62.4 Å². The number of benzene rings is 3. The summed E-state index contributed by atoms with van der Waals surface area (Å²) in [7, 11) is 1.72. The van der Waals surface area contributed by atoms with Crippen LogP contribution in [0.2, 0.25) is 0 Å². The van der Waals surface area contributed by atoms with E-state index in [0.717, 1.165) is 12.1 Å². The molecular formula is C31H36N4O5. The second-order valence-electron chi connectivity index (χ2n) is 9.90.